The molecule has 2 aromatic heterocycles. The predicted octanol–water partition coefficient (Wildman–Crippen LogP) is 1.92. The van der Waals surface area contributed by atoms with Crippen LogP contribution in [-0.4, -0.2) is 29.2 Å². The zero-order valence-electron chi connectivity index (χ0n) is 11.2. The summed E-state index contributed by atoms with van der Waals surface area (Å²) >= 11 is 0. The van der Waals surface area contributed by atoms with Gasteiger partial charge in [0.2, 0.25) is 0 Å². The molecule has 0 saturated carbocycles. The van der Waals surface area contributed by atoms with E-state index in [0.29, 0.717) is 5.56 Å². The SMILES string of the molecule is Cc1cc(OC2CN(c3ccc(C#N)cn3)C2)ccn1. The molecule has 3 heterocycles. The summed E-state index contributed by atoms with van der Waals surface area (Å²) < 4.78 is 5.87. The van der Waals surface area contributed by atoms with Gasteiger partial charge in [0.25, 0.3) is 0 Å². The van der Waals surface area contributed by atoms with Gasteiger partial charge in [-0.15, -0.1) is 0 Å². The first-order chi connectivity index (χ1) is 9.74. The number of rotatable bonds is 3. The van der Waals surface area contributed by atoms with E-state index in [1.54, 1.807) is 18.5 Å². The van der Waals surface area contributed by atoms with Crippen LogP contribution in [0.15, 0.2) is 36.7 Å². The average Bonchev–Trinajstić information content (AvgIpc) is 2.43. The van der Waals surface area contributed by atoms with Gasteiger partial charge in [0.05, 0.1) is 18.7 Å². The maximum atomic E-state index is 8.74. The lowest BCUT2D eigenvalue weighted by Crippen LogP contribution is -2.54. The number of ether oxygens (including phenoxy) is 1. The van der Waals surface area contributed by atoms with Crippen molar-refractivity contribution in [3.8, 4) is 11.8 Å². The monoisotopic (exact) mass is 266 g/mol. The minimum absolute atomic E-state index is 0.175. The van der Waals surface area contributed by atoms with Crippen LogP contribution in [0.3, 0.4) is 0 Å². The Kier molecular flexibility index (Phi) is 3.21. The Balaban J connectivity index is 1.57. The molecule has 0 radical (unpaired) electrons. The summed E-state index contributed by atoms with van der Waals surface area (Å²) in [5, 5.41) is 8.74. The molecule has 0 aliphatic carbocycles. The average molecular weight is 266 g/mol. The highest BCUT2D eigenvalue weighted by atomic mass is 16.5. The molecule has 0 atom stereocenters. The fourth-order valence-corrected chi connectivity index (χ4v) is 2.12. The fourth-order valence-electron chi connectivity index (χ4n) is 2.12. The largest absolute Gasteiger partial charge is 0.487 e. The van der Waals surface area contributed by atoms with Gasteiger partial charge in [-0.25, -0.2) is 4.98 Å². The first kappa shape index (κ1) is 12.4. The van der Waals surface area contributed by atoms with Crippen LogP contribution in [0.1, 0.15) is 11.3 Å². The van der Waals surface area contributed by atoms with E-state index in [9.17, 15) is 0 Å². The van der Waals surface area contributed by atoms with Gasteiger partial charge in [-0.1, -0.05) is 0 Å². The van der Waals surface area contributed by atoms with E-state index in [1.807, 2.05) is 25.1 Å². The van der Waals surface area contributed by atoms with Crippen LogP contribution in [0.4, 0.5) is 5.82 Å². The molecule has 2 aromatic rings. The van der Waals surface area contributed by atoms with Crippen molar-refractivity contribution in [3.63, 3.8) is 0 Å². The van der Waals surface area contributed by atoms with Gasteiger partial charge in [0.15, 0.2) is 0 Å². The summed E-state index contributed by atoms with van der Waals surface area (Å²) in [6.07, 6.45) is 3.52. The van der Waals surface area contributed by atoms with Gasteiger partial charge in [-0.3, -0.25) is 4.98 Å². The number of aromatic nitrogens is 2. The van der Waals surface area contributed by atoms with Gasteiger partial charge in [0, 0.05) is 24.2 Å². The summed E-state index contributed by atoms with van der Waals surface area (Å²) in [5.41, 5.74) is 1.53. The smallest absolute Gasteiger partial charge is 0.134 e. The molecular weight excluding hydrogens is 252 g/mol. The van der Waals surface area contributed by atoms with Crippen LogP contribution in [0.25, 0.3) is 0 Å². The Morgan fingerprint density at radius 3 is 2.80 bits per heavy atom. The molecule has 3 rings (SSSR count). The Bertz CT molecular complexity index is 642. The highest BCUT2D eigenvalue weighted by Crippen LogP contribution is 2.22. The Morgan fingerprint density at radius 1 is 1.30 bits per heavy atom. The van der Waals surface area contributed by atoms with E-state index < -0.39 is 0 Å². The third-order valence-corrected chi connectivity index (χ3v) is 3.22. The van der Waals surface area contributed by atoms with Gasteiger partial charge in [-0.05, 0) is 25.1 Å². The number of anilines is 1. The molecule has 1 aliphatic heterocycles. The molecular formula is C15H14N4O. The van der Waals surface area contributed by atoms with Gasteiger partial charge in [0.1, 0.15) is 23.7 Å². The molecule has 100 valence electrons. The molecule has 20 heavy (non-hydrogen) atoms. The highest BCUT2D eigenvalue weighted by molar-refractivity contribution is 5.44. The zero-order valence-corrected chi connectivity index (χ0v) is 11.2. The molecule has 1 saturated heterocycles. The molecule has 1 fully saturated rings. The van der Waals surface area contributed by atoms with Gasteiger partial charge in [-0.2, -0.15) is 5.26 Å². The lowest BCUT2D eigenvalue weighted by Gasteiger charge is -2.39. The normalized spacial score (nSPS) is 14.5. The van der Waals surface area contributed by atoms with Crippen molar-refractivity contribution in [2.75, 3.05) is 18.0 Å². The topological polar surface area (TPSA) is 62.0 Å². The van der Waals surface area contributed by atoms with Crippen LogP contribution in [0, 0.1) is 18.3 Å². The third kappa shape index (κ3) is 2.54. The highest BCUT2D eigenvalue weighted by Gasteiger charge is 2.29. The first-order valence-electron chi connectivity index (χ1n) is 6.45. The first-order valence-corrected chi connectivity index (χ1v) is 6.45. The zero-order chi connectivity index (χ0) is 13.9. The molecule has 0 amide bonds. The molecule has 0 aromatic carbocycles. The number of aryl methyl sites for hydroxylation is 1. The van der Waals surface area contributed by atoms with Gasteiger partial charge >= 0.3 is 0 Å². The van der Waals surface area contributed by atoms with Crippen LogP contribution in [0.5, 0.6) is 5.75 Å². The lowest BCUT2D eigenvalue weighted by atomic mass is 10.1. The molecule has 0 bridgehead atoms. The molecule has 0 N–H and O–H groups in total. The minimum Gasteiger partial charge on any atom is -0.487 e. The van der Waals surface area contributed by atoms with E-state index in [2.05, 4.69) is 20.9 Å². The summed E-state index contributed by atoms with van der Waals surface area (Å²) in [5.74, 6) is 1.74. The van der Waals surface area contributed by atoms with Crippen LogP contribution >= 0.6 is 0 Å². The number of nitrogens with zero attached hydrogens (tertiary/aromatic N) is 4. The summed E-state index contributed by atoms with van der Waals surface area (Å²) in [4.78, 5) is 10.5. The number of hydrogen-bond acceptors (Lipinski definition) is 5. The van der Waals surface area contributed by atoms with Crippen LogP contribution in [0.2, 0.25) is 0 Å². The second-order valence-corrected chi connectivity index (χ2v) is 4.79. The van der Waals surface area contributed by atoms with Crippen molar-refractivity contribution in [1.29, 1.82) is 5.26 Å². The minimum atomic E-state index is 0.175. The van der Waals surface area contributed by atoms with Crippen molar-refractivity contribution in [1.82, 2.24) is 9.97 Å². The number of nitriles is 1. The summed E-state index contributed by atoms with van der Waals surface area (Å²) in [6.45, 7) is 3.56. The fraction of sp³-hybridized carbons (Fsp3) is 0.267. The van der Waals surface area contributed by atoms with Crippen LogP contribution in [-0.2, 0) is 0 Å². The van der Waals surface area contributed by atoms with Crippen molar-refractivity contribution in [3.05, 3.63) is 47.9 Å². The summed E-state index contributed by atoms with van der Waals surface area (Å²) in [6, 6.07) is 9.51. The molecule has 5 heteroatoms. The maximum absolute atomic E-state index is 8.74. The number of pyridine rings is 2. The lowest BCUT2D eigenvalue weighted by molar-refractivity contribution is 0.166. The van der Waals surface area contributed by atoms with E-state index in [1.165, 1.54) is 0 Å². The molecule has 0 spiro atoms. The Hall–Kier alpha value is -2.61. The Labute approximate surface area is 117 Å². The molecule has 5 nitrogen and oxygen atoms in total. The van der Waals surface area contributed by atoms with E-state index in [4.69, 9.17) is 10.00 Å². The predicted molar refractivity (Wildman–Crippen MR) is 74.6 cm³/mol. The van der Waals surface area contributed by atoms with Crippen molar-refractivity contribution < 1.29 is 4.74 Å². The molecule has 1 aliphatic rings. The van der Waals surface area contributed by atoms with Crippen molar-refractivity contribution in [2.45, 2.75) is 13.0 Å². The number of hydrogen-bond donors (Lipinski definition) is 0. The second-order valence-electron chi connectivity index (χ2n) is 4.79. The Morgan fingerprint density at radius 2 is 2.15 bits per heavy atom. The van der Waals surface area contributed by atoms with Crippen LogP contribution < -0.4 is 9.64 Å². The summed E-state index contributed by atoms with van der Waals surface area (Å²) in [7, 11) is 0. The quantitative estimate of drug-likeness (QED) is 0.849. The maximum Gasteiger partial charge on any atom is 0.134 e. The standard InChI is InChI=1S/C15H14N4O/c1-11-6-13(4-5-17-11)20-14-9-19(10-14)15-3-2-12(7-16)8-18-15/h2-6,8,14H,9-10H2,1H3. The molecule has 0 unspecified atom stereocenters. The van der Waals surface area contributed by atoms with E-state index in [0.717, 1.165) is 30.4 Å². The second kappa shape index (κ2) is 5.17. The van der Waals surface area contributed by atoms with Gasteiger partial charge < -0.3 is 9.64 Å². The van der Waals surface area contributed by atoms with E-state index in [-0.39, 0.29) is 6.10 Å². The third-order valence-electron chi connectivity index (χ3n) is 3.22. The van der Waals surface area contributed by atoms with Crippen molar-refractivity contribution in [2.24, 2.45) is 0 Å². The van der Waals surface area contributed by atoms with E-state index >= 15 is 0 Å². The van der Waals surface area contributed by atoms with Crippen molar-refractivity contribution >= 4 is 5.82 Å².